The predicted octanol–water partition coefficient (Wildman–Crippen LogP) is 3.58. The van der Waals surface area contributed by atoms with E-state index in [-0.39, 0.29) is 11.7 Å². The van der Waals surface area contributed by atoms with E-state index in [4.69, 9.17) is 39.2 Å². The highest BCUT2D eigenvalue weighted by molar-refractivity contribution is 6.68. The molecule has 1 atom stereocenters. The van der Waals surface area contributed by atoms with Crippen LogP contribution in [0.4, 0.5) is 0 Å². The van der Waals surface area contributed by atoms with Crippen molar-refractivity contribution in [2.24, 2.45) is 0 Å². The summed E-state index contributed by atoms with van der Waals surface area (Å²) in [5, 5.41) is 2.75. The Labute approximate surface area is 133 Å². The van der Waals surface area contributed by atoms with Crippen LogP contribution in [0.5, 0.6) is 0 Å². The highest BCUT2D eigenvalue weighted by Gasteiger charge is 2.39. The van der Waals surface area contributed by atoms with Crippen LogP contribution < -0.4 is 5.32 Å². The van der Waals surface area contributed by atoms with Gasteiger partial charge in [0.15, 0.2) is 5.76 Å². The Balaban J connectivity index is 2.09. The zero-order chi connectivity index (χ0) is 14.6. The summed E-state index contributed by atoms with van der Waals surface area (Å²) < 4.78 is 3.47. The minimum Gasteiger partial charge on any atom is -0.459 e. The van der Waals surface area contributed by atoms with Crippen LogP contribution in [-0.2, 0) is 0 Å². The number of halogens is 3. The van der Waals surface area contributed by atoms with Crippen molar-refractivity contribution in [3.05, 3.63) is 24.2 Å². The second-order valence-electron chi connectivity index (χ2n) is 4.85. The number of carbonyl (C=O) groups is 1. The van der Waals surface area contributed by atoms with Crippen molar-refractivity contribution in [2.75, 3.05) is 13.1 Å². The van der Waals surface area contributed by atoms with Crippen molar-refractivity contribution in [1.29, 1.82) is 0 Å². The first-order chi connectivity index (χ1) is 9.48. The van der Waals surface area contributed by atoms with Crippen LogP contribution in [0.2, 0.25) is 0 Å². The second-order valence-corrected chi connectivity index (χ2v) is 7.21. The molecule has 2 heterocycles. The largest absolute Gasteiger partial charge is 0.459 e. The third-order valence-electron chi connectivity index (χ3n) is 3.33. The molecule has 0 saturated carbocycles. The Morgan fingerprint density at radius 2 is 1.90 bits per heavy atom. The number of amides is 1. The van der Waals surface area contributed by atoms with E-state index in [1.54, 1.807) is 12.1 Å². The number of nitrogens with one attached hydrogen (secondary N) is 1. The molecule has 20 heavy (non-hydrogen) atoms. The van der Waals surface area contributed by atoms with Crippen molar-refractivity contribution in [1.82, 2.24) is 10.2 Å². The number of rotatable bonds is 3. The molecule has 2 rings (SSSR count). The van der Waals surface area contributed by atoms with Gasteiger partial charge in [-0.2, -0.15) is 0 Å². The first-order valence-electron chi connectivity index (χ1n) is 6.63. The molecule has 1 aliphatic rings. The number of alkyl halides is 3. The molecule has 7 heteroatoms. The van der Waals surface area contributed by atoms with E-state index in [9.17, 15) is 4.79 Å². The van der Waals surface area contributed by atoms with Gasteiger partial charge in [-0.1, -0.05) is 47.6 Å². The first kappa shape index (κ1) is 16.0. The molecule has 0 spiro atoms. The lowest BCUT2D eigenvalue weighted by Gasteiger charge is -2.35. The van der Waals surface area contributed by atoms with E-state index in [0.717, 1.165) is 38.8 Å². The number of hydrogen-bond acceptors (Lipinski definition) is 3. The molecule has 1 aliphatic heterocycles. The third kappa shape index (κ3) is 4.29. The third-order valence-corrected chi connectivity index (χ3v) is 3.95. The molecule has 0 radical (unpaired) electrons. The average molecular weight is 340 g/mol. The topological polar surface area (TPSA) is 45.5 Å². The standard InChI is InChI=1S/C13H17Cl3N2O2/c14-13(15,16)12(18-7-3-1-2-4-8-18)17-11(19)10-6-5-9-20-10/h5-6,9,12H,1-4,7-8H2,(H,17,19)/t12-/m1/s1. The lowest BCUT2D eigenvalue weighted by molar-refractivity contribution is 0.0826. The fraction of sp³-hybridized carbons (Fsp3) is 0.615. The normalized spacial score (nSPS) is 19.4. The summed E-state index contributed by atoms with van der Waals surface area (Å²) in [7, 11) is 0. The SMILES string of the molecule is O=C(N[C@H](N1CCCCCC1)C(Cl)(Cl)Cl)c1ccco1. The van der Waals surface area contributed by atoms with Crippen LogP contribution >= 0.6 is 34.8 Å². The number of furan rings is 1. The van der Waals surface area contributed by atoms with Gasteiger partial charge in [0.2, 0.25) is 3.79 Å². The molecule has 1 saturated heterocycles. The highest BCUT2D eigenvalue weighted by atomic mass is 35.6. The van der Waals surface area contributed by atoms with Crippen molar-refractivity contribution < 1.29 is 9.21 Å². The van der Waals surface area contributed by atoms with Crippen LogP contribution in [0.1, 0.15) is 36.2 Å². The molecule has 1 aromatic rings. The van der Waals surface area contributed by atoms with Gasteiger partial charge in [0.05, 0.1) is 6.26 Å². The summed E-state index contributed by atoms with van der Waals surface area (Å²) in [5.41, 5.74) is 0. The van der Waals surface area contributed by atoms with Gasteiger partial charge >= 0.3 is 0 Å². The zero-order valence-corrected chi connectivity index (χ0v) is 13.2. The van der Waals surface area contributed by atoms with Gasteiger partial charge in [-0.25, -0.2) is 0 Å². The summed E-state index contributed by atoms with van der Waals surface area (Å²) in [6.07, 6.45) is 5.17. The molecule has 4 nitrogen and oxygen atoms in total. The molecule has 1 aromatic heterocycles. The van der Waals surface area contributed by atoms with Gasteiger partial charge in [0.1, 0.15) is 6.17 Å². The van der Waals surface area contributed by atoms with Crippen LogP contribution in [0, 0.1) is 0 Å². The Morgan fingerprint density at radius 1 is 1.25 bits per heavy atom. The highest BCUT2D eigenvalue weighted by Crippen LogP contribution is 2.33. The molecule has 1 amide bonds. The van der Waals surface area contributed by atoms with E-state index in [0.29, 0.717) is 0 Å². The van der Waals surface area contributed by atoms with E-state index >= 15 is 0 Å². The molecule has 0 bridgehead atoms. The van der Waals surface area contributed by atoms with Crippen LogP contribution in [0.3, 0.4) is 0 Å². The maximum absolute atomic E-state index is 12.1. The molecule has 0 aliphatic carbocycles. The first-order valence-corrected chi connectivity index (χ1v) is 7.77. The summed E-state index contributed by atoms with van der Waals surface area (Å²) in [5.74, 6) is -0.172. The maximum Gasteiger partial charge on any atom is 0.288 e. The molecule has 0 unspecified atom stereocenters. The van der Waals surface area contributed by atoms with E-state index in [1.807, 2.05) is 4.90 Å². The number of carbonyl (C=O) groups excluding carboxylic acids is 1. The Kier molecular flexibility index (Phi) is 5.61. The number of nitrogens with zero attached hydrogens (tertiary/aromatic N) is 1. The van der Waals surface area contributed by atoms with E-state index in [1.165, 1.54) is 6.26 Å². The number of likely N-dealkylation sites (tertiary alicyclic amines) is 1. The van der Waals surface area contributed by atoms with E-state index < -0.39 is 9.96 Å². The summed E-state index contributed by atoms with van der Waals surface area (Å²) in [6, 6.07) is 3.22. The average Bonchev–Trinajstić information content (AvgIpc) is 2.78. The van der Waals surface area contributed by atoms with Gasteiger partial charge in [0.25, 0.3) is 5.91 Å². The fourth-order valence-electron chi connectivity index (χ4n) is 2.34. The van der Waals surface area contributed by atoms with Gasteiger partial charge in [-0.3, -0.25) is 9.69 Å². The quantitative estimate of drug-likeness (QED) is 0.856. The van der Waals surface area contributed by atoms with Crippen molar-refractivity contribution in [2.45, 2.75) is 35.6 Å². The minimum atomic E-state index is -1.59. The lowest BCUT2D eigenvalue weighted by atomic mass is 10.2. The maximum atomic E-state index is 12.1. The minimum absolute atomic E-state index is 0.207. The van der Waals surface area contributed by atoms with Gasteiger partial charge in [-0.15, -0.1) is 0 Å². The molecule has 1 N–H and O–H groups in total. The Hall–Kier alpha value is -0.420. The van der Waals surface area contributed by atoms with Gasteiger partial charge in [-0.05, 0) is 25.0 Å². The molecular formula is C13H17Cl3N2O2. The molecular weight excluding hydrogens is 323 g/mol. The predicted molar refractivity (Wildman–Crippen MR) is 80.3 cm³/mol. The van der Waals surface area contributed by atoms with Crippen LogP contribution in [-0.4, -0.2) is 33.9 Å². The summed E-state index contributed by atoms with van der Waals surface area (Å²) >= 11 is 18.1. The van der Waals surface area contributed by atoms with Gasteiger partial charge < -0.3 is 9.73 Å². The second kappa shape index (κ2) is 7.03. The van der Waals surface area contributed by atoms with Gasteiger partial charge in [0, 0.05) is 13.1 Å². The monoisotopic (exact) mass is 338 g/mol. The Morgan fingerprint density at radius 3 is 2.40 bits per heavy atom. The number of hydrogen-bond donors (Lipinski definition) is 1. The summed E-state index contributed by atoms with van der Waals surface area (Å²) in [6.45, 7) is 1.61. The Bertz CT molecular complexity index is 423. The molecule has 112 valence electrons. The summed E-state index contributed by atoms with van der Waals surface area (Å²) in [4.78, 5) is 14.1. The molecule has 0 aromatic carbocycles. The van der Waals surface area contributed by atoms with Crippen LogP contribution in [0.25, 0.3) is 0 Å². The van der Waals surface area contributed by atoms with Crippen molar-refractivity contribution in [3.8, 4) is 0 Å². The molecule has 1 fully saturated rings. The van der Waals surface area contributed by atoms with Crippen molar-refractivity contribution in [3.63, 3.8) is 0 Å². The smallest absolute Gasteiger partial charge is 0.288 e. The fourth-order valence-corrected chi connectivity index (χ4v) is 2.91. The van der Waals surface area contributed by atoms with Crippen LogP contribution in [0.15, 0.2) is 22.8 Å². The van der Waals surface area contributed by atoms with E-state index in [2.05, 4.69) is 5.32 Å². The van der Waals surface area contributed by atoms with Crippen molar-refractivity contribution >= 4 is 40.7 Å². The zero-order valence-electron chi connectivity index (χ0n) is 10.9. The lowest BCUT2D eigenvalue weighted by Crippen LogP contribution is -2.55.